The van der Waals surface area contributed by atoms with E-state index in [0.717, 1.165) is 31.2 Å². The number of rotatable bonds is 9. The second kappa shape index (κ2) is 13.4. The van der Waals surface area contributed by atoms with Gasteiger partial charge in [0, 0.05) is 44.4 Å². The summed E-state index contributed by atoms with van der Waals surface area (Å²) in [5.41, 5.74) is 1.18. The molecule has 2 fully saturated rings. The van der Waals surface area contributed by atoms with Gasteiger partial charge < -0.3 is 29.2 Å². The summed E-state index contributed by atoms with van der Waals surface area (Å²) < 4.78 is 27.9. The van der Waals surface area contributed by atoms with Gasteiger partial charge in [-0.3, -0.25) is 4.90 Å². The van der Waals surface area contributed by atoms with Crippen LogP contribution in [0.4, 0.5) is 10.2 Å². The Kier molecular flexibility index (Phi) is 9.10. The zero-order chi connectivity index (χ0) is 33.1. The third kappa shape index (κ3) is 7.53. The minimum absolute atomic E-state index is 0.00626. The largest absolute Gasteiger partial charge is 0.478 e. The fourth-order valence-corrected chi connectivity index (χ4v) is 5.55. The molecule has 0 bridgehead atoms. The van der Waals surface area contributed by atoms with E-state index in [9.17, 15) is 19.4 Å². The molecular formula is C35H35FN6O5. The predicted octanol–water partition coefficient (Wildman–Crippen LogP) is 3.95. The molecule has 0 aliphatic carbocycles. The maximum absolute atomic E-state index is 14.3. The summed E-state index contributed by atoms with van der Waals surface area (Å²) in [7, 11) is 0. The van der Waals surface area contributed by atoms with Crippen LogP contribution < -0.4 is 9.64 Å². The van der Waals surface area contributed by atoms with Crippen molar-refractivity contribution in [2.75, 3.05) is 37.7 Å². The number of carbonyl (C=O) groups is 1. The number of fused-ring (bicyclic) bond motifs is 1. The Morgan fingerprint density at radius 2 is 1.94 bits per heavy atom. The number of aliphatic hydroxyl groups is 1. The van der Waals surface area contributed by atoms with Crippen LogP contribution in [-0.2, 0) is 24.4 Å². The number of piperazine rings is 1. The highest BCUT2D eigenvalue weighted by Gasteiger charge is 2.26. The standard InChI is InChI=1S/C35H35FN6O5/c1-35(2,45)10-8-24-17-26(34(43)44)18-29-33(24)39-31(42(29)20-27-9-15-46-27)21-40-11-13-41(14-12-40)30-4-3-5-32(38-30)47-22-25-7-6-23(19-37)16-28(25)36/h3-7,16-18,27,45H,9,11-15,20-22H2,1-2H3,(H,43,44)/t27-/m0/s1. The van der Waals surface area contributed by atoms with Crippen molar-refractivity contribution in [3.63, 3.8) is 0 Å². The number of aromatic nitrogens is 3. The predicted molar refractivity (Wildman–Crippen MR) is 171 cm³/mol. The van der Waals surface area contributed by atoms with Gasteiger partial charge in [-0.15, -0.1) is 0 Å². The average molecular weight is 639 g/mol. The van der Waals surface area contributed by atoms with E-state index in [2.05, 4.69) is 26.6 Å². The normalized spacial score (nSPS) is 16.7. The Morgan fingerprint density at radius 1 is 1.15 bits per heavy atom. The molecule has 4 heterocycles. The molecule has 0 radical (unpaired) electrons. The molecule has 0 amide bonds. The number of anilines is 1. The molecule has 2 saturated heterocycles. The van der Waals surface area contributed by atoms with Gasteiger partial charge in [0.15, 0.2) is 0 Å². The van der Waals surface area contributed by atoms with E-state index in [4.69, 9.17) is 19.7 Å². The van der Waals surface area contributed by atoms with Crippen molar-refractivity contribution >= 4 is 22.8 Å². The van der Waals surface area contributed by atoms with Crippen molar-refractivity contribution in [1.29, 1.82) is 5.26 Å². The number of pyridine rings is 1. The van der Waals surface area contributed by atoms with Gasteiger partial charge in [-0.2, -0.15) is 10.2 Å². The van der Waals surface area contributed by atoms with Crippen molar-refractivity contribution in [2.45, 2.75) is 51.7 Å². The molecule has 0 saturated carbocycles. The first-order valence-corrected chi connectivity index (χ1v) is 15.5. The second-order valence-corrected chi connectivity index (χ2v) is 12.2. The number of aromatic carboxylic acids is 1. The summed E-state index contributed by atoms with van der Waals surface area (Å²) in [5.74, 6) is 6.13. The molecule has 12 heteroatoms. The smallest absolute Gasteiger partial charge is 0.335 e. The van der Waals surface area contributed by atoms with Crippen molar-refractivity contribution in [3.8, 4) is 23.8 Å². The van der Waals surface area contributed by atoms with Gasteiger partial charge in [-0.05, 0) is 50.6 Å². The van der Waals surface area contributed by atoms with Gasteiger partial charge in [0.05, 0.1) is 47.5 Å². The lowest BCUT2D eigenvalue weighted by molar-refractivity contribution is -0.0592. The number of carboxylic acids is 1. The number of hydrogen-bond acceptors (Lipinski definition) is 9. The molecule has 47 heavy (non-hydrogen) atoms. The minimum Gasteiger partial charge on any atom is -0.478 e. The number of halogens is 1. The van der Waals surface area contributed by atoms with Crippen molar-refractivity contribution in [2.24, 2.45) is 0 Å². The SMILES string of the molecule is CC(C)(O)C#Cc1cc(C(=O)O)cc2c1nc(CN1CCN(c3cccc(OCc4ccc(C#N)cc4F)n3)CC1)n2C[C@@H]1CCO1. The Morgan fingerprint density at radius 3 is 2.60 bits per heavy atom. The summed E-state index contributed by atoms with van der Waals surface area (Å²) >= 11 is 0. The summed E-state index contributed by atoms with van der Waals surface area (Å²) in [6.07, 6.45) is 0.941. The zero-order valence-electron chi connectivity index (χ0n) is 26.2. The third-order valence-corrected chi connectivity index (χ3v) is 8.19. The molecule has 2 aromatic carbocycles. The summed E-state index contributed by atoms with van der Waals surface area (Å²) in [5, 5.41) is 29.0. The van der Waals surface area contributed by atoms with Gasteiger partial charge in [0.1, 0.15) is 35.2 Å². The van der Waals surface area contributed by atoms with Crippen LogP contribution in [0, 0.1) is 29.0 Å². The highest BCUT2D eigenvalue weighted by atomic mass is 19.1. The molecule has 2 aromatic heterocycles. The molecule has 2 N–H and O–H groups in total. The topological polar surface area (TPSA) is 137 Å². The Bertz CT molecular complexity index is 1910. The van der Waals surface area contributed by atoms with E-state index in [1.165, 1.54) is 12.1 Å². The first kappa shape index (κ1) is 32.0. The van der Waals surface area contributed by atoms with Gasteiger partial charge in [0.2, 0.25) is 5.88 Å². The quantitative estimate of drug-likeness (QED) is 0.259. The monoisotopic (exact) mass is 638 g/mol. The van der Waals surface area contributed by atoms with Crippen LogP contribution in [0.3, 0.4) is 0 Å². The van der Waals surface area contributed by atoms with Crippen LogP contribution in [-0.4, -0.2) is 80.1 Å². The van der Waals surface area contributed by atoms with Crippen LogP contribution in [0.25, 0.3) is 11.0 Å². The van der Waals surface area contributed by atoms with Gasteiger partial charge >= 0.3 is 5.97 Å². The maximum Gasteiger partial charge on any atom is 0.335 e. The molecule has 2 aliphatic heterocycles. The number of hydrogen-bond donors (Lipinski definition) is 2. The van der Waals surface area contributed by atoms with Crippen LogP contribution in [0.1, 0.15) is 53.1 Å². The van der Waals surface area contributed by atoms with Crippen molar-refractivity contribution in [1.82, 2.24) is 19.4 Å². The molecule has 4 aromatic rings. The second-order valence-electron chi connectivity index (χ2n) is 12.2. The van der Waals surface area contributed by atoms with Crippen LogP contribution in [0.15, 0.2) is 48.5 Å². The van der Waals surface area contributed by atoms with E-state index >= 15 is 0 Å². The Labute approximate surface area is 271 Å². The first-order valence-electron chi connectivity index (χ1n) is 15.5. The lowest BCUT2D eigenvalue weighted by Gasteiger charge is -2.35. The number of carboxylic acid groups (broad SMARTS) is 1. The highest BCUT2D eigenvalue weighted by molar-refractivity contribution is 5.95. The van der Waals surface area contributed by atoms with E-state index in [0.29, 0.717) is 60.8 Å². The minimum atomic E-state index is -1.25. The van der Waals surface area contributed by atoms with E-state index in [1.54, 1.807) is 38.1 Å². The lowest BCUT2D eigenvalue weighted by Crippen LogP contribution is -2.46. The number of imidazole rings is 1. The molecule has 2 aliphatic rings. The summed E-state index contributed by atoms with van der Waals surface area (Å²) in [6, 6.07) is 14.9. The molecule has 11 nitrogen and oxygen atoms in total. The van der Waals surface area contributed by atoms with Crippen molar-refractivity contribution in [3.05, 3.63) is 82.4 Å². The van der Waals surface area contributed by atoms with Crippen LogP contribution in [0.2, 0.25) is 0 Å². The van der Waals surface area contributed by atoms with Gasteiger partial charge in [-0.1, -0.05) is 24.0 Å². The molecule has 0 unspecified atom stereocenters. The van der Waals surface area contributed by atoms with E-state index in [1.807, 2.05) is 22.8 Å². The van der Waals surface area contributed by atoms with Gasteiger partial charge in [-0.25, -0.2) is 14.2 Å². The fourth-order valence-electron chi connectivity index (χ4n) is 5.55. The molecule has 6 rings (SSSR count). The molecular weight excluding hydrogens is 603 g/mol. The lowest BCUT2D eigenvalue weighted by atomic mass is 10.1. The molecule has 242 valence electrons. The molecule has 0 spiro atoms. The number of nitrogens with zero attached hydrogens (tertiary/aromatic N) is 6. The third-order valence-electron chi connectivity index (χ3n) is 8.19. The number of nitriles is 1. The van der Waals surface area contributed by atoms with Crippen molar-refractivity contribution < 1.29 is 28.9 Å². The summed E-state index contributed by atoms with van der Waals surface area (Å²) in [4.78, 5) is 26.1. The molecule has 1 atom stereocenters. The highest BCUT2D eigenvalue weighted by Crippen LogP contribution is 2.27. The fraction of sp³-hybridized carbons (Fsp3) is 0.371. The first-order chi connectivity index (χ1) is 22.6. The van der Waals surface area contributed by atoms with Crippen LogP contribution >= 0.6 is 0 Å². The zero-order valence-corrected chi connectivity index (χ0v) is 26.2. The average Bonchev–Trinajstić information content (AvgIpc) is 3.37. The van der Waals surface area contributed by atoms with Crippen LogP contribution in [0.5, 0.6) is 5.88 Å². The Balaban J connectivity index is 1.17. The number of ether oxygens (including phenoxy) is 2. The van der Waals surface area contributed by atoms with Gasteiger partial charge in [0.25, 0.3) is 0 Å². The summed E-state index contributed by atoms with van der Waals surface area (Å²) in [6.45, 7) is 7.82. The Hall–Kier alpha value is -5.01. The number of benzene rings is 2. The van der Waals surface area contributed by atoms with E-state index in [-0.39, 0.29) is 23.8 Å². The van der Waals surface area contributed by atoms with E-state index < -0.39 is 17.4 Å². The maximum atomic E-state index is 14.3.